The lowest BCUT2D eigenvalue weighted by molar-refractivity contribution is 0.386. The van der Waals surface area contributed by atoms with Gasteiger partial charge in [0.2, 0.25) is 0 Å². The summed E-state index contributed by atoms with van der Waals surface area (Å²) in [7, 11) is 3.33. The second kappa shape index (κ2) is 5.69. The molecule has 0 bridgehead atoms. The van der Waals surface area contributed by atoms with E-state index in [1.807, 2.05) is 17.7 Å². The lowest BCUT2D eigenvalue weighted by atomic mass is 10.2. The Kier molecular flexibility index (Phi) is 3.74. The molecule has 0 saturated carbocycles. The fourth-order valence-corrected chi connectivity index (χ4v) is 2.68. The predicted octanol–water partition coefficient (Wildman–Crippen LogP) is 2.80. The Balaban J connectivity index is 1.76. The zero-order valence-corrected chi connectivity index (χ0v) is 12.4. The standard InChI is InChI=1S/C14H13FN4OS/c1-19-8-17-11-6-16-14(18-13(11)19)21-7-9-3-4-12(20-2)10(15)5-9/h3-6,8H,7H2,1-2H3. The van der Waals surface area contributed by atoms with Crippen molar-refractivity contribution < 1.29 is 9.13 Å². The number of aromatic nitrogens is 4. The normalized spacial score (nSPS) is 11.0. The molecular formula is C14H13FN4OS. The molecule has 21 heavy (non-hydrogen) atoms. The maximum Gasteiger partial charge on any atom is 0.189 e. The Bertz CT molecular complexity index is 790. The number of fused-ring (bicyclic) bond motifs is 1. The molecular weight excluding hydrogens is 291 g/mol. The van der Waals surface area contributed by atoms with Crippen LogP contribution in [0.3, 0.4) is 0 Å². The molecule has 0 N–H and O–H groups in total. The van der Waals surface area contributed by atoms with Crippen molar-refractivity contribution >= 4 is 22.9 Å². The van der Waals surface area contributed by atoms with Crippen molar-refractivity contribution in [2.45, 2.75) is 10.9 Å². The zero-order valence-electron chi connectivity index (χ0n) is 11.6. The molecule has 3 aromatic rings. The molecule has 108 valence electrons. The Labute approximate surface area is 125 Å². The second-order valence-electron chi connectivity index (χ2n) is 4.47. The summed E-state index contributed by atoms with van der Waals surface area (Å²) < 4.78 is 20.4. The molecule has 0 atom stereocenters. The number of nitrogens with zero attached hydrogens (tertiary/aromatic N) is 4. The van der Waals surface area contributed by atoms with Gasteiger partial charge >= 0.3 is 0 Å². The molecule has 7 heteroatoms. The molecule has 2 heterocycles. The first kappa shape index (κ1) is 13.8. The third-order valence-electron chi connectivity index (χ3n) is 3.02. The van der Waals surface area contributed by atoms with Crippen LogP contribution in [0.2, 0.25) is 0 Å². The van der Waals surface area contributed by atoms with Crippen LogP contribution in [0.4, 0.5) is 4.39 Å². The summed E-state index contributed by atoms with van der Waals surface area (Å²) in [5.41, 5.74) is 2.40. The minimum Gasteiger partial charge on any atom is -0.494 e. The van der Waals surface area contributed by atoms with E-state index in [1.54, 1.807) is 18.6 Å². The van der Waals surface area contributed by atoms with E-state index in [4.69, 9.17) is 4.74 Å². The molecule has 0 saturated heterocycles. The summed E-state index contributed by atoms with van der Waals surface area (Å²) in [5, 5.41) is 0.641. The van der Waals surface area contributed by atoms with Gasteiger partial charge in [0.05, 0.1) is 19.6 Å². The Morgan fingerprint density at radius 2 is 2.19 bits per heavy atom. The third-order valence-corrected chi connectivity index (χ3v) is 3.95. The summed E-state index contributed by atoms with van der Waals surface area (Å²) in [5.74, 6) is 0.472. The highest BCUT2D eigenvalue weighted by Gasteiger charge is 2.07. The highest BCUT2D eigenvalue weighted by Crippen LogP contribution is 2.24. The largest absolute Gasteiger partial charge is 0.494 e. The van der Waals surface area contributed by atoms with E-state index >= 15 is 0 Å². The lowest BCUT2D eigenvalue weighted by Gasteiger charge is -2.05. The molecule has 3 rings (SSSR count). The summed E-state index contributed by atoms with van der Waals surface area (Å²) in [6.45, 7) is 0. The van der Waals surface area contributed by atoms with Crippen LogP contribution < -0.4 is 4.74 Å². The van der Waals surface area contributed by atoms with E-state index in [-0.39, 0.29) is 11.6 Å². The Morgan fingerprint density at radius 3 is 2.95 bits per heavy atom. The molecule has 0 radical (unpaired) electrons. The number of thioether (sulfide) groups is 1. The van der Waals surface area contributed by atoms with Gasteiger partial charge in [-0.25, -0.2) is 19.3 Å². The van der Waals surface area contributed by atoms with Crippen LogP contribution in [0.25, 0.3) is 11.2 Å². The van der Waals surface area contributed by atoms with Crippen molar-refractivity contribution in [3.05, 3.63) is 42.1 Å². The van der Waals surface area contributed by atoms with E-state index in [9.17, 15) is 4.39 Å². The van der Waals surface area contributed by atoms with Gasteiger partial charge < -0.3 is 9.30 Å². The monoisotopic (exact) mass is 304 g/mol. The van der Waals surface area contributed by atoms with Gasteiger partial charge in [-0.2, -0.15) is 0 Å². The van der Waals surface area contributed by atoms with Crippen molar-refractivity contribution in [3.8, 4) is 5.75 Å². The Hall–Kier alpha value is -2.15. The van der Waals surface area contributed by atoms with Crippen LogP contribution in [0, 0.1) is 5.82 Å². The summed E-state index contributed by atoms with van der Waals surface area (Å²) in [6.07, 6.45) is 3.39. The van der Waals surface area contributed by atoms with Crippen molar-refractivity contribution in [3.63, 3.8) is 0 Å². The van der Waals surface area contributed by atoms with E-state index in [2.05, 4.69) is 15.0 Å². The fourth-order valence-electron chi connectivity index (χ4n) is 1.92. The number of hydrogen-bond acceptors (Lipinski definition) is 5. The van der Waals surface area contributed by atoms with Crippen LogP contribution in [-0.2, 0) is 12.8 Å². The van der Waals surface area contributed by atoms with Crippen molar-refractivity contribution in [1.82, 2.24) is 19.5 Å². The van der Waals surface area contributed by atoms with Gasteiger partial charge in [-0.15, -0.1) is 0 Å². The quantitative estimate of drug-likeness (QED) is 0.548. The zero-order chi connectivity index (χ0) is 14.8. The van der Waals surface area contributed by atoms with Gasteiger partial charge in [0, 0.05) is 12.8 Å². The number of ether oxygens (including phenoxy) is 1. The minimum absolute atomic E-state index is 0.247. The van der Waals surface area contributed by atoms with Gasteiger partial charge in [0.1, 0.15) is 5.52 Å². The molecule has 0 unspecified atom stereocenters. The first-order valence-corrected chi connectivity index (χ1v) is 7.25. The maximum atomic E-state index is 13.6. The number of methoxy groups -OCH3 is 1. The van der Waals surface area contributed by atoms with Gasteiger partial charge in [0.15, 0.2) is 22.4 Å². The van der Waals surface area contributed by atoms with Crippen LogP contribution >= 0.6 is 11.8 Å². The number of hydrogen-bond donors (Lipinski definition) is 0. The lowest BCUT2D eigenvalue weighted by Crippen LogP contribution is -1.93. The molecule has 0 aliphatic rings. The van der Waals surface area contributed by atoms with Gasteiger partial charge in [-0.05, 0) is 17.7 Å². The fraction of sp³-hybridized carbons (Fsp3) is 0.214. The highest BCUT2D eigenvalue weighted by molar-refractivity contribution is 7.98. The maximum absolute atomic E-state index is 13.6. The summed E-state index contributed by atoms with van der Waals surface area (Å²) in [4.78, 5) is 12.9. The van der Waals surface area contributed by atoms with E-state index < -0.39 is 0 Å². The molecule has 0 aliphatic carbocycles. The minimum atomic E-state index is -0.362. The molecule has 2 aromatic heterocycles. The summed E-state index contributed by atoms with van der Waals surface area (Å²) in [6, 6.07) is 4.92. The smallest absolute Gasteiger partial charge is 0.189 e. The number of benzene rings is 1. The van der Waals surface area contributed by atoms with Crippen molar-refractivity contribution in [2.75, 3.05) is 7.11 Å². The third kappa shape index (κ3) is 2.82. The second-order valence-corrected chi connectivity index (χ2v) is 5.42. The van der Waals surface area contributed by atoms with Crippen molar-refractivity contribution in [1.29, 1.82) is 0 Å². The average molecular weight is 304 g/mol. The SMILES string of the molecule is COc1ccc(CSc2ncc3ncn(C)c3n2)cc1F. The topological polar surface area (TPSA) is 52.8 Å². The van der Waals surface area contributed by atoms with Gasteiger partial charge in [-0.3, -0.25) is 0 Å². The first-order chi connectivity index (χ1) is 10.2. The highest BCUT2D eigenvalue weighted by atomic mass is 32.2. The molecule has 5 nitrogen and oxygen atoms in total. The molecule has 0 fully saturated rings. The van der Waals surface area contributed by atoms with Gasteiger partial charge in [-0.1, -0.05) is 17.8 Å². The average Bonchev–Trinajstić information content (AvgIpc) is 2.86. The van der Waals surface area contributed by atoms with Crippen LogP contribution in [0.15, 0.2) is 35.9 Å². The van der Waals surface area contributed by atoms with Crippen molar-refractivity contribution in [2.24, 2.45) is 7.05 Å². The van der Waals surface area contributed by atoms with E-state index in [0.29, 0.717) is 10.9 Å². The van der Waals surface area contributed by atoms with Crippen LogP contribution in [0.1, 0.15) is 5.56 Å². The molecule has 0 spiro atoms. The molecule has 1 aromatic carbocycles. The number of rotatable bonds is 4. The molecule has 0 amide bonds. The van der Waals surface area contributed by atoms with Crippen LogP contribution in [0.5, 0.6) is 5.75 Å². The predicted molar refractivity (Wildman–Crippen MR) is 78.8 cm³/mol. The van der Waals surface area contributed by atoms with Gasteiger partial charge in [0.25, 0.3) is 0 Å². The van der Waals surface area contributed by atoms with E-state index in [1.165, 1.54) is 24.9 Å². The van der Waals surface area contributed by atoms with Crippen LogP contribution in [-0.4, -0.2) is 26.6 Å². The number of imidazole rings is 1. The number of halogens is 1. The Morgan fingerprint density at radius 1 is 1.33 bits per heavy atom. The van der Waals surface area contributed by atoms with E-state index in [0.717, 1.165) is 16.7 Å². The molecule has 0 aliphatic heterocycles. The summed E-state index contributed by atoms with van der Waals surface area (Å²) >= 11 is 1.45. The number of aryl methyl sites for hydroxylation is 1. The first-order valence-electron chi connectivity index (χ1n) is 6.26.